The van der Waals surface area contributed by atoms with E-state index in [0.717, 1.165) is 5.56 Å². The minimum Gasteiger partial charge on any atom is -0.192 e. The number of benzene rings is 11. The average Bonchev–Trinajstić information content (AvgIpc) is 3.59. The molecule has 242 valence electrons. The molecule has 0 N–H and O–H groups in total. The van der Waals surface area contributed by atoms with Gasteiger partial charge in [-0.1, -0.05) is 133 Å². The lowest BCUT2D eigenvalue weighted by molar-refractivity contribution is 1.48. The first kappa shape index (κ1) is 28.9. The third kappa shape index (κ3) is 4.00. The Morgan fingerprint density at radius 3 is 1.62 bits per heavy atom. The van der Waals surface area contributed by atoms with Crippen molar-refractivity contribution in [3.8, 4) is 28.3 Å². The molecular formula is C51H27NS. The van der Waals surface area contributed by atoms with Gasteiger partial charge in [0.2, 0.25) is 0 Å². The predicted molar refractivity (Wildman–Crippen MR) is 229 cm³/mol. The second-order valence-electron chi connectivity index (χ2n) is 14.3. The van der Waals surface area contributed by atoms with Gasteiger partial charge in [-0.3, -0.25) is 0 Å². The Kier molecular flexibility index (Phi) is 5.78. The van der Waals surface area contributed by atoms with Gasteiger partial charge in [0, 0.05) is 25.6 Å². The third-order valence-corrected chi connectivity index (χ3v) is 12.8. The zero-order valence-corrected chi connectivity index (χ0v) is 29.3. The lowest BCUT2D eigenvalue weighted by atomic mass is 9.86. The van der Waals surface area contributed by atoms with Crippen LogP contribution in [0.25, 0.3) is 118 Å². The first-order chi connectivity index (χ1) is 26.2. The van der Waals surface area contributed by atoms with E-state index >= 15 is 0 Å². The highest BCUT2D eigenvalue weighted by Gasteiger charge is 2.18. The Morgan fingerprint density at radius 1 is 0.358 bits per heavy atom. The van der Waals surface area contributed by atoms with Crippen molar-refractivity contribution in [3.05, 3.63) is 169 Å². The zero-order valence-electron chi connectivity index (χ0n) is 28.4. The second kappa shape index (κ2) is 10.6. The molecule has 0 saturated carbocycles. The molecule has 12 aromatic rings. The molecule has 0 radical (unpaired) electrons. The summed E-state index contributed by atoms with van der Waals surface area (Å²) in [6.45, 7) is 0. The zero-order chi connectivity index (χ0) is 34.8. The van der Waals surface area contributed by atoms with Crippen LogP contribution in [-0.4, -0.2) is 0 Å². The van der Waals surface area contributed by atoms with E-state index in [4.69, 9.17) is 0 Å². The quantitative estimate of drug-likeness (QED) is 0.166. The summed E-state index contributed by atoms with van der Waals surface area (Å²) in [4.78, 5) is 0. The summed E-state index contributed by atoms with van der Waals surface area (Å²) in [6, 6.07) is 62.6. The Morgan fingerprint density at radius 2 is 0.906 bits per heavy atom. The van der Waals surface area contributed by atoms with Crippen LogP contribution in [0.3, 0.4) is 0 Å². The van der Waals surface area contributed by atoms with Gasteiger partial charge in [-0.2, -0.15) is 5.26 Å². The van der Waals surface area contributed by atoms with Crippen LogP contribution < -0.4 is 0 Å². The van der Waals surface area contributed by atoms with Crippen molar-refractivity contribution >= 4 is 107 Å². The average molecular weight is 686 g/mol. The summed E-state index contributed by atoms with van der Waals surface area (Å²) >= 11 is 1.92. The summed E-state index contributed by atoms with van der Waals surface area (Å²) in [5.74, 6) is 0. The normalized spacial score (nSPS) is 12.1. The molecule has 11 aromatic carbocycles. The SMILES string of the molecule is N#Cc1ccc(-c2ccc3ccc4ccc(-c5ccc6c(c5)c5ccccc5c5ccc7c8cc9ccccc9cc8sc7c56)c5ccc2c3c45)cc1. The number of rotatable bonds is 2. The van der Waals surface area contributed by atoms with Crippen LogP contribution in [0, 0.1) is 11.3 Å². The highest BCUT2D eigenvalue weighted by atomic mass is 32.1. The summed E-state index contributed by atoms with van der Waals surface area (Å²) in [6.07, 6.45) is 0. The number of hydrogen-bond acceptors (Lipinski definition) is 2. The molecule has 0 bridgehead atoms. The van der Waals surface area contributed by atoms with Crippen LogP contribution in [0.2, 0.25) is 0 Å². The van der Waals surface area contributed by atoms with Crippen LogP contribution in [0.4, 0.5) is 0 Å². The summed E-state index contributed by atoms with van der Waals surface area (Å²) in [5, 5.41) is 30.0. The molecule has 2 heteroatoms. The predicted octanol–water partition coefficient (Wildman–Crippen LogP) is 14.8. The van der Waals surface area contributed by atoms with Crippen LogP contribution >= 0.6 is 11.3 Å². The first-order valence-electron chi connectivity index (χ1n) is 18.1. The van der Waals surface area contributed by atoms with Crippen molar-refractivity contribution in [2.45, 2.75) is 0 Å². The Hall–Kier alpha value is -6.79. The monoisotopic (exact) mass is 685 g/mol. The Bertz CT molecular complexity index is 3560. The van der Waals surface area contributed by atoms with Gasteiger partial charge < -0.3 is 0 Å². The highest BCUT2D eigenvalue weighted by molar-refractivity contribution is 7.27. The van der Waals surface area contributed by atoms with Gasteiger partial charge in [-0.25, -0.2) is 0 Å². The number of nitrogens with zero attached hydrogens (tertiary/aromatic N) is 1. The van der Waals surface area contributed by atoms with Crippen LogP contribution in [0.5, 0.6) is 0 Å². The molecule has 1 aromatic heterocycles. The number of hydrogen-bond donors (Lipinski definition) is 0. The first-order valence-corrected chi connectivity index (χ1v) is 18.9. The van der Waals surface area contributed by atoms with Gasteiger partial charge >= 0.3 is 0 Å². The third-order valence-electron chi connectivity index (χ3n) is 11.6. The molecule has 1 nitrogen and oxygen atoms in total. The topological polar surface area (TPSA) is 23.8 Å². The van der Waals surface area contributed by atoms with Gasteiger partial charge in [-0.05, 0) is 123 Å². The van der Waals surface area contributed by atoms with Crippen molar-refractivity contribution in [3.63, 3.8) is 0 Å². The second-order valence-corrected chi connectivity index (χ2v) is 15.4. The van der Waals surface area contributed by atoms with Crippen molar-refractivity contribution < 1.29 is 0 Å². The number of nitriles is 1. The van der Waals surface area contributed by atoms with E-state index in [1.165, 1.54) is 112 Å². The molecule has 0 unspecified atom stereocenters. The van der Waals surface area contributed by atoms with E-state index in [1.807, 2.05) is 23.5 Å². The molecule has 0 aliphatic heterocycles. The lowest BCUT2D eigenvalue weighted by Gasteiger charge is -2.17. The fourth-order valence-electron chi connectivity index (χ4n) is 9.15. The van der Waals surface area contributed by atoms with Gasteiger partial charge in [0.15, 0.2) is 0 Å². The largest absolute Gasteiger partial charge is 0.192 e. The van der Waals surface area contributed by atoms with Crippen molar-refractivity contribution in [1.82, 2.24) is 0 Å². The minimum absolute atomic E-state index is 0.675. The molecule has 0 spiro atoms. The molecule has 0 fully saturated rings. The molecule has 12 rings (SSSR count). The molecule has 0 atom stereocenters. The molecule has 0 amide bonds. The Balaban J connectivity index is 1.13. The van der Waals surface area contributed by atoms with Crippen molar-refractivity contribution in [1.29, 1.82) is 5.26 Å². The van der Waals surface area contributed by atoms with E-state index in [-0.39, 0.29) is 0 Å². The van der Waals surface area contributed by atoms with Crippen LogP contribution in [-0.2, 0) is 0 Å². The molecular weight excluding hydrogens is 659 g/mol. The standard InChI is InChI=1S/C51H27NS/c52-28-29-9-11-30(12-10-29)36-18-15-31-13-14-32-16-19-37(41-22-21-40(36)48(31)49(32)41)35-17-20-43-45(26-35)39-8-4-3-7-38(39)42-23-24-44-46-25-33-5-1-2-6-34(33)27-47(46)53-51(44)50(42)43/h1-27H. The van der Waals surface area contributed by atoms with Crippen LogP contribution in [0.1, 0.15) is 5.56 Å². The fourth-order valence-corrected chi connectivity index (χ4v) is 10.4. The molecule has 0 aliphatic rings. The summed E-state index contributed by atoms with van der Waals surface area (Å²) < 4.78 is 2.69. The van der Waals surface area contributed by atoms with Gasteiger partial charge in [-0.15, -0.1) is 11.3 Å². The lowest BCUT2D eigenvalue weighted by Crippen LogP contribution is -1.90. The number of fused-ring (bicyclic) bond motifs is 11. The maximum absolute atomic E-state index is 9.38. The maximum atomic E-state index is 9.38. The Labute approximate surface area is 308 Å². The van der Waals surface area contributed by atoms with E-state index in [0.29, 0.717) is 5.56 Å². The fraction of sp³-hybridized carbons (Fsp3) is 0. The van der Waals surface area contributed by atoms with E-state index in [1.54, 1.807) is 0 Å². The van der Waals surface area contributed by atoms with Gasteiger partial charge in [0.1, 0.15) is 0 Å². The summed E-state index contributed by atoms with van der Waals surface area (Å²) in [5.41, 5.74) is 5.45. The van der Waals surface area contributed by atoms with E-state index in [9.17, 15) is 5.26 Å². The number of thiophene rings is 1. The molecule has 0 aliphatic carbocycles. The van der Waals surface area contributed by atoms with Gasteiger partial charge in [0.05, 0.1) is 11.6 Å². The van der Waals surface area contributed by atoms with E-state index in [2.05, 4.69) is 158 Å². The minimum atomic E-state index is 0.675. The molecule has 0 saturated heterocycles. The maximum Gasteiger partial charge on any atom is 0.0991 e. The van der Waals surface area contributed by atoms with Crippen LogP contribution in [0.15, 0.2) is 164 Å². The highest BCUT2D eigenvalue weighted by Crippen LogP contribution is 2.47. The molecule has 1 heterocycles. The van der Waals surface area contributed by atoms with Crippen molar-refractivity contribution in [2.75, 3.05) is 0 Å². The van der Waals surface area contributed by atoms with Crippen molar-refractivity contribution in [2.24, 2.45) is 0 Å². The summed E-state index contributed by atoms with van der Waals surface area (Å²) in [7, 11) is 0. The smallest absolute Gasteiger partial charge is 0.0991 e. The van der Waals surface area contributed by atoms with E-state index < -0.39 is 0 Å². The molecule has 53 heavy (non-hydrogen) atoms. The van der Waals surface area contributed by atoms with Gasteiger partial charge in [0.25, 0.3) is 0 Å².